The van der Waals surface area contributed by atoms with Crippen LogP contribution in [0.5, 0.6) is 0 Å². The van der Waals surface area contributed by atoms with E-state index in [4.69, 9.17) is 0 Å². The Morgan fingerprint density at radius 1 is 1.20 bits per heavy atom. The minimum atomic E-state index is -4.62. The second kappa shape index (κ2) is 5.82. The van der Waals surface area contributed by atoms with E-state index in [9.17, 15) is 28.0 Å². The van der Waals surface area contributed by atoms with Gasteiger partial charge in [-0.1, -0.05) is 0 Å². The molecule has 0 aromatic rings. The molecule has 1 rings (SSSR count). The molecule has 1 saturated heterocycles. The van der Waals surface area contributed by atoms with Crippen molar-refractivity contribution in [3.63, 3.8) is 0 Å². The van der Waals surface area contributed by atoms with Gasteiger partial charge < -0.3 is 23.4 Å². The van der Waals surface area contributed by atoms with Gasteiger partial charge in [0.05, 0.1) is 14.2 Å². The van der Waals surface area contributed by atoms with Gasteiger partial charge in [0, 0.05) is 0 Å². The predicted octanol–water partition coefficient (Wildman–Crippen LogP) is -1.56. The Kier molecular flexibility index (Phi) is 4.60. The van der Waals surface area contributed by atoms with Crippen LogP contribution in [0.25, 0.3) is 0 Å². The van der Waals surface area contributed by atoms with Crippen LogP contribution >= 0.6 is 0 Å². The van der Waals surface area contributed by atoms with E-state index >= 15 is 0 Å². The molecular weight excluding hydrogens is 289 g/mol. The highest BCUT2D eigenvalue weighted by molar-refractivity contribution is 6.46. The van der Waals surface area contributed by atoms with Gasteiger partial charge in [-0.3, -0.25) is 4.79 Å². The Bertz CT molecular complexity index is 451. The van der Waals surface area contributed by atoms with Gasteiger partial charge in [0.2, 0.25) is 6.10 Å². The summed E-state index contributed by atoms with van der Waals surface area (Å²) >= 11 is 0. The molecule has 12 heteroatoms. The lowest BCUT2D eigenvalue weighted by Gasteiger charge is -2.12. The minimum absolute atomic E-state index is 0.628. The maximum absolute atomic E-state index is 13.0. The fourth-order valence-corrected chi connectivity index (χ4v) is 1.03. The third-order valence-corrected chi connectivity index (χ3v) is 1.99. The molecule has 0 bridgehead atoms. The van der Waals surface area contributed by atoms with Gasteiger partial charge in [-0.2, -0.15) is 8.78 Å². The molecular formula is C8H7BF2O9. The number of methoxy groups -OCH3 is 2. The lowest BCUT2D eigenvalue weighted by molar-refractivity contribution is -0.184. The molecule has 0 aromatic heterocycles. The van der Waals surface area contributed by atoms with Crippen molar-refractivity contribution in [1.29, 1.82) is 0 Å². The maximum atomic E-state index is 13.0. The number of carbonyl (C=O) groups excluding carboxylic acids is 4. The Labute approximate surface area is 110 Å². The fraction of sp³-hybridized carbons (Fsp3) is 0.500. The van der Waals surface area contributed by atoms with Gasteiger partial charge >= 0.3 is 37.1 Å². The van der Waals surface area contributed by atoms with Crippen molar-refractivity contribution < 1.29 is 51.4 Å². The van der Waals surface area contributed by atoms with Crippen molar-refractivity contribution in [1.82, 2.24) is 0 Å². The number of ether oxygens (including phenoxy) is 2. The van der Waals surface area contributed by atoms with Gasteiger partial charge in [0.25, 0.3) is 0 Å². The number of halogens is 2. The van der Waals surface area contributed by atoms with E-state index in [1.165, 1.54) is 0 Å². The van der Waals surface area contributed by atoms with E-state index in [-0.39, 0.29) is 0 Å². The lowest BCUT2D eigenvalue weighted by atomic mass is 10.2. The maximum Gasteiger partial charge on any atom is 0.793 e. The van der Waals surface area contributed by atoms with Crippen LogP contribution in [0.4, 0.5) is 8.78 Å². The Hall–Kier alpha value is -2.24. The third kappa shape index (κ3) is 3.01. The average molecular weight is 296 g/mol. The monoisotopic (exact) mass is 296 g/mol. The summed E-state index contributed by atoms with van der Waals surface area (Å²) in [6, 6.07) is 0. The van der Waals surface area contributed by atoms with Crippen molar-refractivity contribution in [3.05, 3.63) is 0 Å². The zero-order valence-corrected chi connectivity index (χ0v) is 10.1. The highest BCUT2D eigenvalue weighted by atomic mass is 19.3. The van der Waals surface area contributed by atoms with Crippen LogP contribution in [-0.4, -0.2) is 57.4 Å². The summed E-state index contributed by atoms with van der Waals surface area (Å²) in [6.07, 6.45) is -1.87. The van der Waals surface area contributed by atoms with E-state index in [1.807, 2.05) is 0 Å². The van der Waals surface area contributed by atoms with Gasteiger partial charge in [-0.25, -0.2) is 14.4 Å². The topological polar surface area (TPSA) is 114 Å². The molecule has 1 aliphatic rings. The standard InChI is InChI=1S/C8H7BF2O9/c1-16-4(12)3-5(13)19-9(18-3)20-7(15)8(10,11)6(14)17-2/h3H,1-2H3. The molecule has 0 aliphatic carbocycles. The molecule has 9 nitrogen and oxygen atoms in total. The van der Waals surface area contributed by atoms with Crippen molar-refractivity contribution in [2.45, 2.75) is 12.0 Å². The molecule has 0 N–H and O–H groups in total. The second-order valence-electron chi connectivity index (χ2n) is 3.24. The Balaban J connectivity index is 2.67. The first kappa shape index (κ1) is 15.8. The molecule has 0 aromatic carbocycles. The number of esters is 2. The van der Waals surface area contributed by atoms with Gasteiger partial charge in [0.15, 0.2) is 0 Å². The molecule has 0 amide bonds. The minimum Gasteiger partial charge on any atom is -0.471 e. The van der Waals surface area contributed by atoms with Crippen LogP contribution < -0.4 is 0 Å². The first-order valence-electron chi connectivity index (χ1n) is 4.85. The first-order valence-corrected chi connectivity index (χ1v) is 4.85. The molecule has 20 heavy (non-hydrogen) atoms. The molecule has 0 spiro atoms. The largest absolute Gasteiger partial charge is 0.793 e. The predicted molar refractivity (Wildman–Crippen MR) is 51.8 cm³/mol. The van der Waals surface area contributed by atoms with E-state index in [1.54, 1.807) is 0 Å². The number of carbonyl (C=O) groups is 4. The zero-order valence-electron chi connectivity index (χ0n) is 10.1. The average Bonchev–Trinajstić information content (AvgIpc) is 2.77. The summed E-state index contributed by atoms with van der Waals surface area (Å²) in [4.78, 5) is 43.7. The van der Waals surface area contributed by atoms with Gasteiger partial charge in [-0.15, -0.1) is 0 Å². The Morgan fingerprint density at radius 2 is 1.80 bits per heavy atom. The molecule has 1 heterocycles. The summed E-state index contributed by atoms with van der Waals surface area (Å²) in [6.45, 7) is 0. The van der Waals surface area contributed by atoms with Gasteiger partial charge in [0.1, 0.15) is 0 Å². The first-order chi connectivity index (χ1) is 9.23. The van der Waals surface area contributed by atoms with Crippen molar-refractivity contribution >= 4 is 31.2 Å². The molecule has 0 saturated carbocycles. The molecule has 110 valence electrons. The molecule has 1 aliphatic heterocycles. The summed E-state index contributed by atoms with van der Waals surface area (Å²) in [5.41, 5.74) is 0. The number of alkyl halides is 2. The van der Waals surface area contributed by atoms with Crippen molar-refractivity contribution in [2.75, 3.05) is 14.2 Å². The summed E-state index contributed by atoms with van der Waals surface area (Å²) in [5.74, 6) is -11.6. The molecule has 1 unspecified atom stereocenters. The normalized spacial score (nSPS) is 18.3. The van der Waals surface area contributed by atoms with E-state index in [0.717, 1.165) is 7.11 Å². The fourth-order valence-electron chi connectivity index (χ4n) is 1.03. The third-order valence-electron chi connectivity index (χ3n) is 1.99. The molecule has 1 atom stereocenters. The van der Waals surface area contributed by atoms with Crippen molar-refractivity contribution in [3.8, 4) is 0 Å². The van der Waals surface area contributed by atoms with E-state index in [2.05, 4.69) is 23.4 Å². The Morgan fingerprint density at radius 3 is 2.30 bits per heavy atom. The summed E-state index contributed by atoms with van der Waals surface area (Å²) in [5, 5.41) is 0. The lowest BCUT2D eigenvalue weighted by Crippen LogP contribution is -2.43. The highest BCUT2D eigenvalue weighted by Crippen LogP contribution is 2.20. The molecule has 0 radical (unpaired) electrons. The van der Waals surface area contributed by atoms with Crippen LogP contribution in [0, 0.1) is 0 Å². The summed E-state index contributed by atoms with van der Waals surface area (Å²) < 4.78 is 46.5. The van der Waals surface area contributed by atoms with E-state index in [0.29, 0.717) is 7.11 Å². The number of rotatable bonds is 4. The van der Waals surface area contributed by atoms with Crippen LogP contribution in [0.2, 0.25) is 0 Å². The second-order valence-corrected chi connectivity index (χ2v) is 3.24. The number of hydrogen-bond acceptors (Lipinski definition) is 9. The van der Waals surface area contributed by atoms with Crippen LogP contribution in [0.15, 0.2) is 0 Å². The highest BCUT2D eigenvalue weighted by Gasteiger charge is 2.56. The molecule has 1 fully saturated rings. The van der Waals surface area contributed by atoms with Crippen LogP contribution in [-0.2, 0) is 42.6 Å². The zero-order chi connectivity index (χ0) is 15.5. The van der Waals surface area contributed by atoms with Crippen LogP contribution in [0.1, 0.15) is 0 Å². The van der Waals surface area contributed by atoms with Crippen LogP contribution in [0.3, 0.4) is 0 Å². The van der Waals surface area contributed by atoms with E-state index < -0.39 is 43.2 Å². The summed E-state index contributed by atoms with van der Waals surface area (Å²) in [7, 11) is -0.637. The van der Waals surface area contributed by atoms with Crippen molar-refractivity contribution in [2.24, 2.45) is 0 Å². The van der Waals surface area contributed by atoms with Gasteiger partial charge in [-0.05, 0) is 0 Å². The quantitative estimate of drug-likeness (QED) is 0.345. The number of hydrogen-bond donors (Lipinski definition) is 0. The SMILES string of the molecule is COC(=O)C1OB(OC(=O)C(F)(F)C(=O)OC)OC1=O. The smallest absolute Gasteiger partial charge is 0.471 e.